The summed E-state index contributed by atoms with van der Waals surface area (Å²) in [5, 5.41) is -0.819. The number of halogens is 12. The molecular weight excluding hydrogens is 745 g/mol. The van der Waals surface area contributed by atoms with E-state index in [0.29, 0.717) is 29.3 Å². The molecule has 0 fully saturated rings. The maximum absolute atomic E-state index is 15.2. The molecule has 0 saturated carbocycles. The van der Waals surface area contributed by atoms with Crippen LogP contribution in [0.2, 0.25) is 5.02 Å². The number of rotatable bonds is 12. The van der Waals surface area contributed by atoms with E-state index in [1.165, 1.54) is 12.1 Å². The molecule has 0 aromatic heterocycles. The Bertz CT molecular complexity index is 2080. The van der Waals surface area contributed by atoms with Crippen LogP contribution in [0.1, 0.15) is 37.3 Å². The summed E-state index contributed by atoms with van der Waals surface area (Å²) >= 11 is 5.94. The highest BCUT2D eigenvalue weighted by Gasteiger charge is 2.42. The molecule has 0 aliphatic heterocycles. The maximum atomic E-state index is 15.2. The van der Waals surface area contributed by atoms with Crippen molar-refractivity contribution in [1.29, 1.82) is 0 Å². The fourth-order valence-corrected chi connectivity index (χ4v) is 5.76. The zero-order chi connectivity index (χ0) is 38.7. The number of allylic oxidation sites excluding steroid dienone is 2. The Balaban J connectivity index is 1.35. The Labute approximate surface area is 301 Å². The molecule has 0 amide bonds. The molecule has 0 N–H and O–H groups in total. The van der Waals surface area contributed by atoms with Gasteiger partial charge in [-0.05, 0) is 83.5 Å². The van der Waals surface area contributed by atoms with Crippen LogP contribution in [0.15, 0.2) is 91.0 Å². The van der Waals surface area contributed by atoms with Gasteiger partial charge in [-0.3, -0.25) is 0 Å². The van der Waals surface area contributed by atoms with Crippen molar-refractivity contribution in [3.63, 3.8) is 0 Å². The molecule has 0 atom stereocenters. The number of ether oxygens (including phenoxy) is 2. The smallest absolute Gasteiger partial charge is 0.429 e. The highest BCUT2D eigenvalue weighted by Crippen LogP contribution is 2.42. The van der Waals surface area contributed by atoms with Gasteiger partial charge in [0.1, 0.15) is 34.6 Å². The number of benzene rings is 5. The van der Waals surface area contributed by atoms with Gasteiger partial charge in [0.15, 0.2) is 11.6 Å². The third kappa shape index (κ3) is 9.31. The lowest BCUT2D eigenvalue weighted by atomic mass is 9.97. The quantitative estimate of drug-likeness (QED) is 0.0929. The van der Waals surface area contributed by atoms with Gasteiger partial charge >= 0.3 is 12.5 Å². The summed E-state index contributed by atoms with van der Waals surface area (Å²) in [4.78, 5) is 0. The van der Waals surface area contributed by atoms with Crippen molar-refractivity contribution in [2.45, 2.75) is 45.1 Å². The Morgan fingerprint density at radius 1 is 0.585 bits per heavy atom. The van der Waals surface area contributed by atoms with Crippen molar-refractivity contribution < 1.29 is 57.8 Å². The Morgan fingerprint density at radius 2 is 1.15 bits per heavy atom. The second kappa shape index (κ2) is 15.9. The van der Waals surface area contributed by atoms with Gasteiger partial charge in [-0.1, -0.05) is 73.5 Å². The number of hydrogen-bond donors (Lipinski definition) is 0. The molecule has 0 spiro atoms. The predicted molar refractivity (Wildman–Crippen MR) is 178 cm³/mol. The minimum absolute atomic E-state index is 0.242. The van der Waals surface area contributed by atoms with E-state index in [1.54, 1.807) is 12.1 Å². The maximum Gasteiger partial charge on any atom is 0.573 e. The fraction of sp³-hybridized carbons (Fsp3) is 0.179. The number of unbranched alkanes of at least 4 members (excludes halogenated alkanes) is 1. The third-order valence-electron chi connectivity index (χ3n) is 7.89. The Morgan fingerprint density at radius 3 is 1.72 bits per heavy atom. The minimum Gasteiger partial charge on any atom is -0.429 e. The van der Waals surface area contributed by atoms with Crippen molar-refractivity contribution in [3.8, 4) is 44.9 Å². The molecule has 2 nitrogen and oxygen atoms in total. The highest BCUT2D eigenvalue weighted by atomic mass is 35.5. The first-order valence-corrected chi connectivity index (χ1v) is 16.2. The molecule has 0 bridgehead atoms. The monoisotopic (exact) mass is 770 g/mol. The van der Waals surface area contributed by atoms with Crippen molar-refractivity contribution in [3.05, 3.63) is 142 Å². The van der Waals surface area contributed by atoms with Crippen LogP contribution in [0.25, 0.3) is 33.4 Å². The molecule has 5 aromatic carbocycles. The van der Waals surface area contributed by atoms with E-state index in [4.69, 9.17) is 11.6 Å². The van der Waals surface area contributed by atoms with E-state index in [1.807, 2.05) is 12.1 Å². The van der Waals surface area contributed by atoms with Gasteiger partial charge in [0, 0.05) is 17.2 Å². The first-order valence-electron chi connectivity index (χ1n) is 15.8. The van der Waals surface area contributed by atoms with Crippen LogP contribution in [0.3, 0.4) is 0 Å². The molecular formula is C39H26ClF11O2. The van der Waals surface area contributed by atoms with Crippen molar-refractivity contribution in [1.82, 2.24) is 0 Å². The van der Waals surface area contributed by atoms with Crippen LogP contribution in [0.4, 0.5) is 48.3 Å². The van der Waals surface area contributed by atoms with E-state index in [-0.39, 0.29) is 23.8 Å². The van der Waals surface area contributed by atoms with E-state index in [0.717, 1.165) is 37.3 Å². The molecule has 14 heteroatoms. The molecule has 278 valence electrons. The van der Waals surface area contributed by atoms with Crippen LogP contribution < -0.4 is 9.47 Å². The molecule has 0 saturated heterocycles. The molecule has 0 radical (unpaired) electrons. The van der Waals surface area contributed by atoms with Crippen LogP contribution in [-0.4, -0.2) is 6.36 Å². The number of alkyl halides is 5. The van der Waals surface area contributed by atoms with Crippen LogP contribution >= 0.6 is 11.6 Å². The molecule has 53 heavy (non-hydrogen) atoms. The Hall–Kier alpha value is -5.04. The van der Waals surface area contributed by atoms with E-state index in [9.17, 15) is 22.0 Å². The zero-order valence-electron chi connectivity index (χ0n) is 27.3. The summed E-state index contributed by atoms with van der Waals surface area (Å²) in [6.45, 7) is 2.09. The largest absolute Gasteiger partial charge is 0.573 e. The predicted octanol–water partition coefficient (Wildman–Crippen LogP) is 13.5. The summed E-state index contributed by atoms with van der Waals surface area (Å²) in [5.74, 6) is -12.8. The molecule has 5 aromatic rings. The summed E-state index contributed by atoms with van der Waals surface area (Å²) in [7, 11) is 0. The lowest BCUT2D eigenvalue weighted by Crippen LogP contribution is -2.25. The average Bonchev–Trinajstić information content (AvgIpc) is 3.05. The molecule has 0 aliphatic rings. The summed E-state index contributed by atoms with van der Waals surface area (Å²) < 4.78 is 164. The van der Waals surface area contributed by atoms with Crippen LogP contribution in [0, 0.1) is 34.9 Å². The third-order valence-corrected chi connectivity index (χ3v) is 8.19. The average molecular weight is 771 g/mol. The summed E-state index contributed by atoms with van der Waals surface area (Å²) in [5.41, 5.74) is -2.01. The number of aryl methyl sites for hydroxylation is 1. The fourth-order valence-electron chi connectivity index (χ4n) is 5.45. The van der Waals surface area contributed by atoms with E-state index in [2.05, 4.69) is 28.5 Å². The SMILES string of the molecule is CCC/C=C/CCc1ccc(-c2ccc(-c3cc(F)c(C(F)(F)Oc4cc(F)c(-c5cc(F)c(OC(F)(F)F)c(F)c5)c(Cl)c4)c(F)c3)c(F)c2)cc1. The molecule has 0 aliphatic carbocycles. The van der Waals surface area contributed by atoms with Gasteiger partial charge in [0.25, 0.3) is 0 Å². The van der Waals surface area contributed by atoms with Crippen LogP contribution in [-0.2, 0) is 12.5 Å². The first-order chi connectivity index (χ1) is 25.0. The second-order valence-corrected chi connectivity index (χ2v) is 12.1. The van der Waals surface area contributed by atoms with Crippen LogP contribution in [0.5, 0.6) is 11.5 Å². The topological polar surface area (TPSA) is 18.5 Å². The first kappa shape index (κ1) is 39.2. The lowest BCUT2D eigenvalue weighted by Gasteiger charge is -2.21. The van der Waals surface area contributed by atoms with Gasteiger partial charge in [-0.25, -0.2) is 26.3 Å². The number of hydrogen-bond acceptors (Lipinski definition) is 2. The van der Waals surface area contributed by atoms with Gasteiger partial charge < -0.3 is 9.47 Å². The van der Waals surface area contributed by atoms with Crippen molar-refractivity contribution >= 4 is 11.6 Å². The van der Waals surface area contributed by atoms with Gasteiger partial charge in [0.2, 0.25) is 5.75 Å². The van der Waals surface area contributed by atoms with E-state index < -0.39 is 86.1 Å². The summed E-state index contributed by atoms with van der Waals surface area (Å²) in [6.07, 6.45) is -2.29. The highest BCUT2D eigenvalue weighted by molar-refractivity contribution is 6.33. The second-order valence-electron chi connectivity index (χ2n) is 11.7. The normalized spacial score (nSPS) is 12.1. The zero-order valence-corrected chi connectivity index (χ0v) is 28.1. The molecule has 0 heterocycles. The van der Waals surface area contributed by atoms with Crippen molar-refractivity contribution in [2.24, 2.45) is 0 Å². The Kier molecular flexibility index (Phi) is 11.8. The van der Waals surface area contributed by atoms with Crippen molar-refractivity contribution in [2.75, 3.05) is 0 Å². The molecule has 0 unspecified atom stereocenters. The van der Waals surface area contributed by atoms with Gasteiger partial charge in [0.05, 0.1) is 5.02 Å². The lowest BCUT2D eigenvalue weighted by molar-refractivity contribution is -0.276. The summed E-state index contributed by atoms with van der Waals surface area (Å²) in [6, 6.07) is 13.5. The van der Waals surface area contributed by atoms with E-state index >= 15 is 26.3 Å². The molecule has 5 rings (SSSR count). The van der Waals surface area contributed by atoms with Gasteiger partial charge in [-0.2, -0.15) is 8.78 Å². The van der Waals surface area contributed by atoms with Gasteiger partial charge in [-0.15, -0.1) is 13.2 Å². The minimum atomic E-state index is -5.46. The standard InChI is InChI=1S/C39H26ClF11O2/c1-2-3-4-5-6-7-21-8-10-22(11-9-21)23-12-13-27(29(41)14-23)24-15-31(43)36(32(44)16-24)38(47,48)52-26-19-28(40)35(30(42)20-26)25-17-33(45)37(34(46)18-25)53-39(49,50)51/h4-5,8-20H,2-3,6-7H2,1H3/b5-4+.